The second-order valence-electron chi connectivity index (χ2n) is 2.08. The fourth-order valence-electron chi connectivity index (χ4n) is 0. The van der Waals surface area contributed by atoms with Crippen LogP contribution in [0.2, 0.25) is 0 Å². The van der Waals surface area contributed by atoms with Crippen molar-refractivity contribution in [2.45, 2.75) is 27.7 Å². The van der Waals surface area contributed by atoms with Crippen LogP contribution in [0.4, 0.5) is 0 Å². The van der Waals surface area contributed by atoms with E-state index < -0.39 is 23.9 Å². The van der Waals surface area contributed by atoms with Gasteiger partial charge in [0.05, 0.1) is 0 Å². The molecule has 0 radical (unpaired) electrons. The third-order valence-corrected chi connectivity index (χ3v) is 0. The van der Waals surface area contributed by atoms with E-state index in [2.05, 4.69) is 0 Å². The third kappa shape index (κ3) is 1960. The number of carboxylic acid groups (broad SMARTS) is 4. The van der Waals surface area contributed by atoms with Crippen LogP contribution in [0.3, 0.4) is 0 Å². The molecule has 0 spiro atoms. The van der Waals surface area contributed by atoms with E-state index in [1.54, 1.807) is 0 Å². The molecule has 12 N–H and O–H groups in total. The molecular weight excluding hydrogens is 472 g/mol. The first kappa shape index (κ1) is 60.7. The summed E-state index contributed by atoms with van der Waals surface area (Å²) in [6, 6.07) is 0. The minimum atomic E-state index is -0.833. The van der Waals surface area contributed by atoms with Crippen LogP contribution in [0.1, 0.15) is 27.7 Å². The van der Waals surface area contributed by atoms with Crippen molar-refractivity contribution in [2.24, 2.45) is 0 Å². The van der Waals surface area contributed by atoms with Crippen LogP contribution in [0.5, 0.6) is 0 Å². The van der Waals surface area contributed by atoms with Gasteiger partial charge in [0.25, 0.3) is 23.9 Å². The molecule has 0 aliphatic heterocycles. The van der Waals surface area contributed by atoms with Gasteiger partial charge in [0.1, 0.15) is 0 Å². The van der Waals surface area contributed by atoms with Gasteiger partial charge in [-0.25, -0.2) is 0 Å². The largest absolute Gasteiger partial charge is 0.481 e. The van der Waals surface area contributed by atoms with Crippen molar-refractivity contribution in [3.8, 4) is 0 Å². The Morgan fingerprint density at radius 1 is 0.476 bits per heavy atom. The molecular formula is C8H24O12W. The van der Waals surface area contributed by atoms with E-state index in [1.165, 1.54) is 0 Å². The summed E-state index contributed by atoms with van der Waals surface area (Å²) in [5.74, 6) is -3.33. The van der Waals surface area contributed by atoms with Gasteiger partial charge in [0.15, 0.2) is 0 Å². The fraction of sp³-hybridized carbons (Fsp3) is 0.500. The first-order chi connectivity index (χ1) is 6.93. The van der Waals surface area contributed by atoms with Gasteiger partial charge in [-0.15, -0.1) is 0 Å². The second-order valence-corrected chi connectivity index (χ2v) is 2.08. The van der Waals surface area contributed by atoms with Crippen LogP contribution < -0.4 is 0 Å². The summed E-state index contributed by atoms with van der Waals surface area (Å²) in [6.45, 7) is 4.33. The van der Waals surface area contributed by atoms with Crippen molar-refractivity contribution >= 4 is 23.9 Å². The maximum absolute atomic E-state index is 9.00. The van der Waals surface area contributed by atoms with E-state index in [9.17, 15) is 0 Å². The molecule has 0 heterocycles. The van der Waals surface area contributed by atoms with Crippen LogP contribution in [-0.4, -0.2) is 66.2 Å². The molecule has 0 unspecified atom stereocenters. The molecule has 0 atom stereocenters. The van der Waals surface area contributed by atoms with Gasteiger partial charge in [0, 0.05) is 48.8 Å². The van der Waals surface area contributed by atoms with Crippen molar-refractivity contribution in [3.63, 3.8) is 0 Å². The summed E-state index contributed by atoms with van der Waals surface area (Å²) in [4.78, 5) is 36.0. The molecule has 0 aromatic rings. The van der Waals surface area contributed by atoms with E-state index in [1.807, 2.05) is 0 Å². The van der Waals surface area contributed by atoms with E-state index in [4.69, 9.17) is 39.6 Å². The Labute approximate surface area is 134 Å². The molecule has 0 aromatic carbocycles. The van der Waals surface area contributed by atoms with Crippen molar-refractivity contribution < 1.29 is 82.6 Å². The number of carbonyl (C=O) groups is 4. The Morgan fingerprint density at radius 2 is 0.476 bits per heavy atom. The number of hydrogen-bond acceptors (Lipinski definition) is 4. The monoisotopic (exact) mass is 496 g/mol. The summed E-state index contributed by atoms with van der Waals surface area (Å²) in [5.41, 5.74) is 0. The SMILES string of the molecule is CC(=O)O.CC(=O)O.CC(=O)O.CC(=O)O.O.O.O.O.[W]. The topological polar surface area (TPSA) is 275 Å². The van der Waals surface area contributed by atoms with Crippen molar-refractivity contribution in [2.75, 3.05) is 0 Å². The molecule has 0 aliphatic carbocycles. The Bertz CT molecular complexity index is 165. The first-order valence-corrected chi connectivity index (χ1v) is 3.71. The van der Waals surface area contributed by atoms with Crippen LogP contribution in [0, 0.1) is 0 Å². The van der Waals surface area contributed by atoms with Crippen molar-refractivity contribution in [1.82, 2.24) is 0 Å². The average Bonchev–Trinajstić information content (AvgIpc) is 1.76. The summed E-state index contributed by atoms with van der Waals surface area (Å²) in [5, 5.41) is 29.7. The molecule has 0 saturated heterocycles. The van der Waals surface area contributed by atoms with E-state index in [0.29, 0.717) is 0 Å². The normalized spacial score (nSPS) is 4.76. The Hall–Kier alpha value is -1.59. The molecule has 13 heteroatoms. The van der Waals surface area contributed by atoms with Crippen molar-refractivity contribution in [1.29, 1.82) is 0 Å². The maximum atomic E-state index is 9.00. The van der Waals surface area contributed by atoms with Crippen molar-refractivity contribution in [3.05, 3.63) is 0 Å². The maximum Gasteiger partial charge on any atom is 0.300 e. The Kier molecular flexibility index (Phi) is 149. The summed E-state index contributed by atoms with van der Waals surface area (Å²) < 4.78 is 0. The van der Waals surface area contributed by atoms with E-state index in [0.717, 1.165) is 27.7 Å². The first-order valence-electron chi connectivity index (χ1n) is 3.71. The van der Waals surface area contributed by atoms with Crippen LogP contribution in [0.15, 0.2) is 0 Å². The average molecular weight is 496 g/mol. The molecule has 0 saturated carbocycles. The molecule has 134 valence electrons. The standard InChI is InChI=1S/4C2H4O2.4H2O.W/c4*1-2(3)4;;;;;/h4*1H3,(H,3,4);4*1H2;. The molecule has 21 heavy (non-hydrogen) atoms. The van der Waals surface area contributed by atoms with Gasteiger partial charge < -0.3 is 42.3 Å². The summed E-state index contributed by atoms with van der Waals surface area (Å²) >= 11 is 0. The summed E-state index contributed by atoms with van der Waals surface area (Å²) in [7, 11) is 0. The molecule has 0 aliphatic rings. The summed E-state index contributed by atoms with van der Waals surface area (Å²) in [6.07, 6.45) is 0. The van der Waals surface area contributed by atoms with Crippen LogP contribution in [0.25, 0.3) is 0 Å². The number of aliphatic carboxylic acids is 4. The Morgan fingerprint density at radius 3 is 0.476 bits per heavy atom. The quantitative estimate of drug-likeness (QED) is 0.269. The Balaban J connectivity index is -0.0000000121. The van der Waals surface area contributed by atoms with E-state index >= 15 is 0 Å². The minimum Gasteiger partial charge on any atom is -0.481 e. The second kappa shape index (κ2) is 51.5. The van der Waals surface area contributed by atoms with Crippen LogP contribution >= 0.6 is 0 Å². The molecule has 0 bridgehead atoms. The molecule has 12 nitrogen and oxygen atoms in total. The van der Waals surface area contributed by atoms with Gasteiger partial charge in [-0.3, -0.25) is 19.2 Å². The van der Waals surface area contributed by atoms with E-state index in [-0.39, 0.29) is 43.0 Å². The molecule has 0 rings (SSSR count). The van der Waals surface area contributed by atoms with Gasteiger partial charge in [-0.05, 0) is 0 Å². The predicted molar refractivity (Wildman–Crippen MR) is 67.7 cm³/mol. The number of hydrogen-bond donors (Lipinski definition) is 4. The van der Waals surface area contributed by atoms with Gasteiger partial charge >= 0.3 is 0 Å². The molecule has 0 fully saturated rings. The zero-order chi connectivity index (χ0) is 14.3. The third-order valence-electron chi connectivity index (χ3n) is 0. The van der Waals surface area contributed by atoms with Gasteiger partial charge in [-0.2, -0.15) is 0 Å². The smallest absolute Gasteiger partial charge is 0.300 e. The number of rotatable bonds is 0. The fourth-order valence-corrected chi connectivity index (χ4v) is 0. The van der Waals surface area contributed by atoms with Gasteiger partial charge in [-0.1, -0.05) is 0 Å². The molecule has 0 aromatic heterocycles. The van der Waals surface area contributed by atoms with Crippen LogP contribution in [-0.2, 0) is 40.2 Å². The zero-order valence-corrected chi connectivity index (χ0v) is 14.8. The predicted octanol–water partition coefficient (Wildman–Crippen LogP) is -2.94. The number of carboxylic acids is 4. The minimum absolute atomic E-state index is 0. The van der Waals surface area contributed by atoms with Gasteiger partial charge in [0.2, 0.25) is 0 Å². The molecule has 0 amide bonds. The zero-order valence-electron chi connectivity index (χ0n) is 11.8.